The summed E-state index contributed by atoms with van der Waals surface area (Å²) in [4.78, 5) is 21.3. The first kappa shape index (κ1) is 10.4. The number of nitrogens with zero attached hydrogens (tertiary/aromatic N) is 1. The first-order chi connectivity index (χ1) is 7.66. The van der Waals surface area contributed by atoms with Crippen molar-refractivity contribution >= 4 is 11.5 Å². The number of ketones is 1. The Labute approximate surface area is 92.4 Å². The first-order valence-corrected chi connectivity index (χ1v) is 4.97. The van der Waals surface area contributed by atoms with Gasteiger partial charge in [0.15, 0.2) is 0 Å². The smallest absolute Gasteiger partial charge is 0.270 e. The molecule has 0 aliphatic heterocycles. The van der Waals surface area contributed by atoms with Crippen LogP contribution in [-0.2, 0) is 4.79 Å². The van der Waals surface area contributed by atoms with Crippen LogP contribution in [0.5, 0.6) is 0 Å². The van der Waals surface area contributed by atoms with Crippen LogP contribution in [0.15, 0.2) is 24.3 Å². The summed E-state index contributed by atoms with van der Waals surface area (Å²) < 4.78 is 0. The Kier molecular flexibility index (Phi) is 2.69. The zero-order valence-corrected chi connectivity index (χ0v) is 8.47. The monoisotopic (exact) mass is 215 g/mol. The number of nitro benzene ring substituents is 1. The van der Waals surface area contributed by atoms with Crippen molar-refractivity contribution < 1.29 is 9.72 Å². The zero-order valence-electron chi connectivity index (χ0n) is 8.47. The molecule has 0 spiro atoms. The largest absolute Gasteiger partial charge is 0.285 e. The molecule has 1 saturated carbocycles. The summed E-state index contributed by atoms with van der Waals surface area (Å²) in [6.07, 6.45) is 1.84. The molecule has 1 aromatic carbocycles. The van der Waals surface area contributed by atoms with Crippen LogP contribution in [0.2, 0.25) is 0 Å². The molecular formula is C12H9NO3. The molecule has 16 heavy (non-hydrogen) atoms. The van der Waals surface area contributed by atoms with E-state index in [4.69, 9.17) is 0 Å². The van der Waals surface area contributed by atoms with Gasteiger partial charge in [0, 0.05) is 23.6 Å². The summed E-state index contributed by atoms with van der Waals surface area (Å²) in [5.41, 5.74) is 0.494. The van der Waals surface area contributed by atoms with Crippen LogP contribution in [-0.4, -0.2) is 10.7 Å². The van der Waals surface area contributed by atoms with Gasteiger partial charge in [-0.15, -0.1) is 0 Å². The van der Waals surface area contributed by atoms with Crippen molar-refractivity contribution in [2.45, 2.75) is 12.8 Å². The fourth-order valence-corrected chi connectivity index (χ4v) is 1.28. The number of hydrogen-bond donors (Lipinski definition) is 0. The van der Waals surface area contributed by atoms with Crippen LogP contribution in [0.4, 0.5) is 5.69 Å². The molecule has 80 valence electrons. The average molecular weight is 215 g/mol. The van der Waals surface area contributed by atoms with Crippen LogP contribution < -0.4 is 0 Å². The number of non-ortho nitro benzene ring substituents is 1. The second-order valence-corrected chi connectivity index (χ2v) is 3.70. The van der Waals surface area contributed by atoms with Crippen molar-refractivity contribution in [3.63, 3.8) is 0 Å². The van der Waals surface area contributed by atoms with Crippen LogP contribution in [0.3, 0.4) is 0 Å². The molecule has 0 radical (unpaired) electrons. The number of Topliss-reactive ketones (excluding diaryl/α,β-unsaturated/α-hetero) is 1. The predicted octanol–water partition coefficient (Wildman–Crippen LogP) is 1.93. The number of hydrogen-bond acceptors (Lipinski definition) is 3. The Morgan fingerprint density at radius 2 is 2.19 bits per heavy atom. The highest BCUT2D eigenvalue weighted by atomic mass is 16.6. The molecular weight excluding hydrogens is 206 g/mol. The maximum absolute atomic E-state index is 11.3. The molecule has 4 heteroatoms. The number of carbonyl (C=O) groups is 1. The van der Waals surface area contributed by atoms with E-state index >= 15 is 0 Å². The zero-order chi connectivity index (χ0) is 11.5. The Bertz CT molecular complexity index is 506. The minimum Gasteiger partial charge on any atom is -0.285 e. The standard InChI is InChI=1S/C12H9NO3/c14-12(10-5-6-10)7-4-9-2-1-3-11(8-9)13(15)16/h1-3,8,10H,5-6H2. The van der Waals surface area contributed by atoms with Gasteiger partial charge in [-0.1, -0.05) is 12.0 Å². The van der Waals surface area contributed by atoms with E-state index in [1.54, 1.807) is 12.1 Å². The average Bonchev–Trinajstić information content (AvgIpc) is 3.10. The number of benzene rings is 1. The van der Waals surface area contributed by atoms with Crippen molar-refractivity contribution in [2.24, 2.45) is 5.92 Å². The minimum absolute atomic E-state index is 0.00864. The Morgan fingerprint density at radius 1 is 1.44 bits per heavy atom. The molecule has 0 unspecified atom stereocenters. The molecule has 1 aliphatic carbocycles. The lowest BCUT2D eigenvalue weighted by atomic mass is 10.2. The SMILES string of the molecule is O=C(C#Cc1cccc([N+](=O)[O-])c1)C1CC1. The summed E-state index contributed by atoms with van der Waals surface area (Å²) in [6.45, 7) is 0. The van der Waals surface area contributed by atoms with Crippen molar-refractivity contribution in [3.8, 4) is 11.8 Å². The van der Waals surface area contributed by atoms with Gasteiger partial charge >= 0.3 is 0 Å². The third-order valence-electron chi connectivity index (χ3n) is 2.34. The van der Waals surface area contributed by atoms with Crippen LogP contribution in [0.25, 0.3) is 0 Å². The summed E-state index contributed by atoms with van der Waals surface area (Å²) in [5, 5.41) is 10.5. The molecule has 0 saturated heterocycles. The molecule has 0 aromatic heterocycles. The van der Waals surface area contributed by atoms with E-state index in [1.165, 1.54) is 12.1 Å². The highest BCUT2D eigenvalue weighted by Crippen LogP contribution is 2.29. The van der Waals surface area contributed by atoms with E-state index in [0.717, 1.165) is 12.8 Å². The van der Waals surface area contributed by atoms with E-state index in [9.17, 15) is 14.9 Å². The van der Waals surface area contributed by atoms with E-state index in [-0.39, 0.29) is 17.4 Å². The maximum atomic E-state index is 11.3. The van der Waals surface area contributed by atoms with Crippen molar-refractivity contribution in [1.29, 1.82) is 0 Å². The van der Waals surface area contributed by atoms with E-state index in [2.05, 4.69) is 11.8 Å². The molecule has 1 fully saturated rings. The normalized spacial score (nSPS) is 13.8. The highest BCUT2D eigenvalue weighted by molar-refractivity contribution is 5.99. The number of nitro groups is 1. The molecule has 1 aliphatic rings. The molecule has 4 nitrogen and oxygen atoms in total. The Morgan fingerprint density at radius 3 is 2.81 bits per heavy atom. The Hall–Kier alpha value is -2.15. The summed E-state index contributed by atoms with van der Waals surface area (Å²) in [7, 11) is 0. The van der Waals surface area contributed by atoms with Crippen molar-refractivity contribution in [1.82, 2.24) is 0 Å². The lowest BCUT2D eigenvalue weighted by Gasteiger charge is -1.91. The molecule has 0 amide bonds. The Balaban J connectivity index is 2.17. The first-order valence-electron chi connectivity index (χ1n) is 4.97. The molecule has 2 rings (SSSR count). The third kappa shape index (κ3) is 2.45. The van der Waals surface area contributed by atoms with Crippen LogP contribution in [0, 0.1) is 27.9 Å². The van der Waals surface area contributed by atoms with Gasteiger partial charge in [-0.3, -0.25) is 14.9 Å². The fourth-order valence-electron chi connectivity index (χ4n) is 1.28. The van der Waals surface area contributed by atoms with Crippen molar-refractivity contribution in [3.05, 3.63) is 39.9 Å². The third-order valence-corrected chi connectivity index (χ3v) is 2.34. The van der Waals surface area contributed by atoms with E-state index in [1.807, 2.05) is 0 Å². The van der Waals surface area contributed by atoms with Gasteiger partial charge in [0.2, 0.25) is 5.78 Å². The maximum Gasteiger partial charge on any atom is 0.270 e. The van der Waals surface area contributed by atoms with Gasteiger partial charge in [0.1, 0.15) is 0 Å². The molecule has 0 N–H and O–H groups in total. The molecule has 0 bridgehead atoms. The minimum atomic E-state index is -0.478. The predicted molar refractivity (Wildman–Crippen MR) is 57.7 cm³/mol. The number of rotatable bonds is 2. The summed E-state index contributed by atoms with van der Waals surface area (Å²) >= 11 is 0. The van der Waals surface area contributed by atoms with Gasteiger partial charge in [-0.05, 0) is 24.8 Å². The topological polar surface area (TPSA) is 60.2 Å². The second-order valence-electron chi connectivity index (χ2n) is 3.70. The van der Waals surface area contributed by atoms with Gasteiger partial charge < -0.3 is 0 Å². The summed E-state index contributed by atoms with van der Waals surface area (Å²) in [5.74, 6) is 5.21. The van der Waals surface area contributed by atoms with Crippen LogP contribution in [0.1, 0.15) is 18.4 Å². The van der Waals surface area contributed by atoms with Crippen LogP contribution >= 0.6 is 0 Å². The highest BCUT2D eigenvalue weighted by Gasteiger charge is 2.28. The van der Waals surface area contributed by atoms with Gasteiger partial charge in [0.25, 0.3) is 5.69 Å². The van der Waals surface area contributed by atoms with E-state index < -0.39 is 4.92 Å². The lowest BCUT2D eigenvalue weighted by Crippen LogP contribution is -1.94. The second kappa shape index (κ2) is 4.15. The van der Waals surface area contributed by atoms with Gasteiger partial charge in [-0.25, -0.2) is 0 Å². The molecule has 0 atom stereocenters. The van der Waals surface area contributed by atoms with Gasteiger partial charge in [-0.2, -0.15) is 0 Å². The molecule has 0 heterocycles. The van der Waals surface area contributed by atoms with E-state index in [0.29, 0.717) is 5.56 Å². The number of carbonyl (C=O) groups excluding carboxylic acids is 1. The fraction of sp³-hybridized carbons (Fsp3) is 0.250. The summed E-state index contributed by atoms with van der Waals surface area (Å²) in [6, 6.07) is 5.98. The lowest BCUT2D eigenvalue weighted by molar-refractivity contribution is -0.384. The van der Waals surface area contributed by atoms with Crippen molar-refractivity contribution in [2.75, 3.05) is 0 Å². The quantitative estimate of drug-likeness (QED) is 0.430. The molecule has 1 aromatic rings. The van der Waals surface area contributed by atoms with Gasteiger partial charge in [0.05, 0.1) is 4.92 Å².